The molecule has 13 heteroatoms. The van der Waals surface area contributed by atoms with Gasteiger partial charge in [0.25, 0.3) is 11.8 Å². The van der Waals surface area contributed by atoms with Gasteiger partial charge in [-0.15, -0.1) is 0 Å². The molecular weight excluding hydrogens is 512 g/mol. The Kier molecular flexibility index (Phi) is 7.92. The highest BCUT2D eigenvalue weighted by Gasteiger charge is 2.25. The maximum Gasteiger partial charge on any atom is 0.320 e. The van der Waals surface area contributed by atoms with Crippen molar-refractivity contribution >= 4 is 39.6 Å². The molecule has 0 saturated heterocycles. The van der Waals surface area contributed by atoms with Gasteiger partial charge in [0.1, 0.15) is 6.20 Å². The summed E-state index contributed by atoms with van der Waals surface area (Å²) in [6, 6.07) is 12.0. The average Bonchev–Trinajstić information content (AvgIpc) is 3.23. The summed E-state index contributed by atoms with van der Waals surface area (Å²) in [5, 5.41) is 19.3. The molecule has 0 saturated carbocycles. The van der Waals surface area contributed by atoms with Crippen LogP contribution in [0.25, 0.3) is 0 Å². The van der Waals surface area contributed by atoms with E-state index in [1.54, 1.807) is 18.2 Å². The number of carbonyl (C=O) groups is 2. The highest BCUT2D eigenvalue weighted by Crippen LogP contribution is 2.27. The first-order valence-electron chi connectivity index (χ1n) is 9.65. The summed E-state index contributed by atoms with van der Waals surface area (Å²) < 4.78 is 12.6. The summed E-state index contributed by atoms with van der Waals surface area (Å²) in [6.07, 6.45) is 2.50. The first kappa shape index (κ1) is 24.4. The molecule has 12 nitrogen and oxygen atoms in total. The molecule has 0 atom stereocenters. The topological polar surface area (TPSA) is 164 Å². The van der Waals surface area contributed by atoms with Gasteiger partial charge in [-0.2, -0.15) is 10.2 Å². The molecule has 34 heavy (non-hydrogen) atoms. The van der Waals surface area contributed by atoms with Gasteiger partial charge >= 0.3 is 5.69 Å². The van der Waals surface area contributed by atoms with E-state index in [1.807, 2.05) is 24.3 Å². The van der Waals surface area contributed by atoms with E-state index in [0.29, 0.717) is 17.1 Å². The van der Waals surface area contributed by atoms with E-state index in [0.717, 1.165) is 10.0 Å². The number of carbonyl (C=O) groups excluding carboxylic acids is 2. The number of hydrogen-bond acceptors (Lipinski definition) is 8. The fraction of sp³-hybridized carbons (Fsp3) is 0.143. The van der Waals surface area contributed by atoms with Gasteiger partial charge < -0.3 is 15.2 Å². The summed E-state index contributed by atoms with van der Waals surface area (Å²) in [5.41, 5.74) is 7.86. The highest BCUT2D eigenvalue weighted by molar-refractivity contribution is 9.10. The van der Waals surface area contributed by atoms with Crippen LogP contribution >= 0.6 is 15.9 Å². The van der Waals surface area contributed by atoms with Crippen molar-refractivity contribution in [3.63, 3.8) is 0 Å². The molecule has 0 bridgehead atoms. The third-order valence-electron chi connectivity index (χ3n) is 4.35. The van der Waals surface area contributed by atoms with Gasteiger partial charge in [-0.3, -0.25) is 24.4 Å². The predicted octanol–water partition coefficient (Wildman–Crippen LogP) is 2.24. The molecule has 3 aromatic rings. The van der Waals surface area contributed by atoms with Crippen molar-refractivity contribution in [2.24, 2.45) is 10.8 Å². The summed E-state index contributed by atoms with van der Waals surface area (Å²) in [7, 11) is 1.42. The van der Waals surface area contributed by atoms with Gasteiger partial charge in [0.2, 0.25) is 5.69 Å². The first-order valence-corrected chi connectivity index (χ1v) is 10.4. The number of ether oxygens (including phenoxy) is 2. The number of hydrogen-bond donors (Lipinski definition) is 2. The van der Waals surface area contributed by atoms with Crippen LogP contribution in [0.5, 0.6) is 11.5 Å². The molecular formula is C21H19BrN6O6. The van der Waals surface area contributed by atoms with Crippen molar-refractivity contribution < 1.29 is 24.0 Å². The van der Waals surface area contributed by atoms with Gasteiger partial charge in [-0.05, 0) is 41.5 Å². The number of primary amides is 1. The quantitative estimate of drug-likeness (QED) is 0.230. The zero-order valence-corrected chi connectivity index (χ0v) is 19.4. The average molecular weight is 531 g/mol. The summed E-state index contributed by atoms with van der Waals surface area (Å²) in [6.45, 7) is -0.0677. The molecule has 3 N–H and O–H groups in total. The number of nitrogens with zero attached hydrogens (tertiary/aromatic N) is 4. The van der Waals surface area contributed by atoms with E-state index in [-0.39, 0.29) is 18.8 Å². The second kappa shape index (κ2) is 11.0. The zero-order chi connectivity index (χ0) is 24.7. The van der Waals surface area contributed by atoms with E-state index in [4.69, 9.17) is 15.2 Å². The standard InChI is InChI=1S/C21H19BrN6O6/c1-33-18-8-14(4-7-17(18)34-12-19(23)29)9-24-25-21(30)20-16(28(31)32)11-27(26-20)10-13-2-5-15(22)6-3-13/h2-9,11H,10,12H2,1H3,(H2,23,29)(H,25,30). The molecule has 1 heterocycles. The Balaban J connectivity index is 1.71. The second-order valence-electron chi connectivity index (χ2n) is 6.81. The van der Waals surface area contributed by atoms with Crippen molar-refractivity contribution in [1.29, 1.82) is 0 Å². The van der Waals surface area contributed by atoms with E-state index >= 15 is 0 Å². The number of nitrogens with two attached hydrogens (primary N) is 1. The predicted molar refractivity (Wildman–Crippen MR) is 125 cm³/mol. The SMILES string of the molecule is COc1cc(C=NNC(=O)c2nn(Cc3ccc(Br)cc3)cc2[N+](=O)[O-])ccc1OCC(N)=O. The van der Waals surface area contributed by atoms with E-state index in [1.165, 1.54) is 24.2 Å². The lowest BCUT2D eigenvalue weighted by atomic mass is 10.2. The van der Waals surface area contributed by atoms with Crippen LogP contribution in [0.3, 0.4) is 0 Å². The number of amides is 2. The van der Waals surface area contributed by atoms with Crippen LogP contribution in [0.2, 0.25) is 0 Å². The Bertz CT molecular complexity index is 1240. The normalized spacial score (nSPS) is 10.8. The zero-order valence-electron chi connectivity index (χ0n) is 17.8. The molecule has 2 amide bonds. The van der Waals surface area contributed by atoms with Crippen LogP contribution in [0.1, 0.15) is 21.6 Å². The van der Waals surface area contributed by atoms with E-state index in [9.17, 15) is 19.7 Å². The van der Waals surface area contributed by atoms with Gasteiger partial charge in [0.05, 0.1) is 24.8 Å². The molecule has 0 aliphatic carbocycles. The largest absolute Gasteiger partial charge is 0.493 e. The number of benzene rings is 2. The monoisotopic (exact) mass is 530 g/mol. The molecule has 0 fully saturated rings. The number of halogens is 1. The molecule has 0 radical (unpaired) electrons. The minimum Gasteiger partial charge on any atom is -0.493 e. The number of nitrogens with one attached hydrogen (secondary N) is 1. The Hall–Kier alpha value is -4.26. The Morgan fingerprint density at radius 3 is 2.65 bits per heavy atom. The lowest BCUT2D eigenvalue weighted by molar-refractivity contribution is -0.385. The fourth-order valence-electron chi connectivity index (χ4n) is 2.82. The lowest BCUT2D eigenvalue weighted by Crippen LogP contribution is -2.20. The van der Waals surface area contributed by atoms with Gasteiger partial charge in [-0.25, -0.2) is 5.43 Å². The first-order chi connectivity index (χ1) is 16.3. The summed E-state index contributed by atoms with van der Waals surface area (Å²) in [4.78, 5) is 34.1. The van der Waals surface area contributed by atoms with Crippen molar-refractivity contribution in [2.45, 2.75) is 6.54 Å². The van der Waals surface area contributed by atoms with Gasteiger partial charge in [0, 0.05) is 4.47 Å². The third kappa shape index (κ3) is 6.38. The van der Waals surface area contributed by atoms with Crippen LogP contribution in [-0.4, -0.2) is 46.4 Å². The number of rotatable bonds is 10. The van der Waals surface area contributed by atoms with Gasteiger partial charge in [0.15, 0.2) is 18.1 Å². The van der Waals surface area contributed by atoms with E-state index in [2.05, 4.69) is 31.6 Å². The maximum absolute atomic E-state index is 12.5. The molecule has 2 aromatic carbocycles. The number of nitro groups is 1. The molecule has 1 aromatic heterocycles. The third-order valence-corrected chi connectivity index (χ3v) is 4.88. The smallest absolute Gasteiger partial charge is 0.320 e. The van der Waals surface area contributed by atoms with Crippen LogP contribution in [0.4, 0.5) is 5.69 Å². The Morgan fingerprint density at radius 1 is 1.26 bits per heavy atom. The minimum absolute atomic E-state index is 0.245. The van der Waals surface area contributed by atoms with Crippen molar-refractivity contribution in [3.8, 4) is 11.5 Å². The highest BCUT2D eigenvalue weighted by atomic mass is 79.9. The van der Waals surface area contributed by atoms with Crippen LogP contribution in [0.15, 0.2) is 58.2 Å². The van der Waals surface area contributed by atoms with Crippen LogP contribution < -0.4 is 20.6 Å². The number of aromatic nitrogens is 2. The number of methoxy groups -OCH3 is 1. The lowest BCUT2D eigenvalue weighted by Gasteiger charge is -2.09. The minimum atomic E-state index is -0.842. The molecule has 3 rings (SSSR count). The van der Waals surface area contributed by atoms with Crippen molar-refractivity contribution in [1.82, 2.24) is 15.2 Å². The second-order valence-corrected chi connectivity index (χ2v) is 7.72. The van der Waals surface area contributed by atoms with Crippen molar-refractivity contribution in [2.75, 3.05) is 13.7 Å². The van der Waals surface area contributed by atoms with Crippen LogP contribution in [0, 0.1) is 10.1 Å². The fourth-order valence-corrected chi connectivity index (χ4v) is 3.08. The molecule has 0 unspecified atom stereocenters. The Morgan fingerprint density at radius 2 is 2.00 bits per heavy atom. The maximum atomic E-state index is 12.5. The molecule has 176 valence electrons. The molecule has 0 aliphatic heterocycles. The summed E-state index contributed by atoms with van der Waals surface area (Å²) >= 11 is 3.34. The Labute approximate surface area is 201 Å². The van der Waals surface area contributed by atoms with E-state index < -0.39 is 22.4 Å². The summed E-state index contributed by atoms with van der Waals surface area (Å²) in [5.74, 6) is -0.858. The molecule has 0 aliphatic rings. The van der Waals surface area contributed by atoms with Crippen molar-refractivity contribution in [3.05, 3.63) is 80.1 Å². The number of hydrazone groups is 1. The van der Waals surface area contributed by atoms with Gasteiger partial charge in [-0.1, -0.05) is 28.1 Å². The molecule has 0 spiro atoms. The van der Waals surface area contributed by atoms with Crippen LogP contribution in [-0.2, 0) is 11.3 Å².